The van der Waals surface area contributed by atoms with Gasteiger partial charge in [0.25, 0.3) is 0 Å². The predicted octanol–water partition coefficient (Wildman–Crippen LogP) is 4.08. The topological polar surface area (TPSA) is 30.2 Å². The maximum atomic E-state index is 13.9. The highest BCUT2D eigenvalue weighted by atomic mass is 79.9. The molecule has 2 heterocycles. The highest BCUT2D eigenvalue weighted by Gasteiger charge is 2.12. The Morgan fingerprint density at radius 2 is 2.28 bits per heavy atom. The Balaban J connectivity index is 2.10. The van der Waals surface area contributed by atoms with Gasteiger partial charge >= 0.3 is 0 Å². The summed E-state index contributed by atoms with van der Waals surface area (Å²) >= 11 is 6.21. The van der Waals surface area contributed by atoms with Crippen LogP contribution < -0.4 is 0 Å². The van der Waals surface area contributed by atoms with Gasteiger partial charge in [-0.3, -0.25) is 0 Å². The van der Waals surface area contributed by atoms with Crippen molar-refractivity contribution in [3.8, 4) is 11.3 Å². The summed E-state index contributed by atoms with van der Waals surface area (Å²) in [5.41, 5.74) is 1.10. The third-order valence-electron chi connectivity index (χ3n) is 2.47. The fraction of sp³-hybridized carbons (Fsp3) is 0.0909. The maximum Gasteiger partial charge on any atom is 0.213 e. The van der Waals surface area contributed by atoms with Gasteiger partial charge < -0.3 is 0 Å². The number of benzene rings is 1. The molecule has 0 fully saturated rings. The van der Waals surface area contributed by atoms with E-state index in [1.54, 1.807) is 16.8 Å². The van der Waals surface area contributed by atoms with E-state index in [1.165, 1.54) is 29.2 Å². The summed E-state index contributed by atoms with van der Waals surface area (Å²) in [7, 11) is 0. The fourth-order valence-corrected chi connectivity index (χ4v) is 3.28. The molecule has 92 valence electrons. The zero-order valence-electron chi connectivity index (χ0n) is 9.22. The zero-order chi connectivity index (χ0) is 12.7. The molecule has 18 heavy (non-hydrogen) atoms. The Hall–Kier alpha value is -0.920. The molecule has 0 atom stereocenters. The summed E-state index contributed by atoms with van der Waals surface area (Å²) in [6.45, 7) is 0. The van der Waals surface area contributed by atoms with Crippen molar-refractivity contribution in [2.75, 3.05) is 6.26 Å². The summed E-state index contributed by atoms with van der Waals surface area (Å²) in [5.74, 6) is -0.258. The van der Waals surface area contributed by atoms with E-state index >= 15 is 0 Å². The minimum absolute atomic E-state index is 0.258. The number of nitrogens with zero attached hydrogens (tertiary/aromatic N) is 3. The lowest BCUT2D eigenvalue weighted by molar-refractivity contribution is 0.627. The third-order valence-corrected chi connectivity index (χ3v) is 4.55. The number of rotatable bonds is 2. The molecular formula is C11H7BrFN3S2. The van der Waals surface area contributed by atoms with Crippen LogP contribution in [0.3, 0.4) is 0 Å². The number of hydrogen-bond donors (Lipinski definition) is 0. The van der Waals surface area contributed by atoms with Crippen LogP contribution in [0, 0.1) is 5.82 Å². The first-order valence-corrected chi connectivity index (χ1v) is 7.86. The predicted molar refractivity (Wildman–Crippen MR) is 75.7 cm³/mol. The van der Waals surface area contributed by atoms with Crippen molar-refractivity contribution in [2.45, 2.75) is 4.90 Å². The van der Waals surface area contributed by atoms with E-state index in [0.29, 0.717) is 11.3 Å². The summed E-state index contributed by atoms with van der Waals surface area (Å²) in [5, 5.41) is 4.19. The summed E-state index contributed by atoms with van der Waals surface area (Å²) in [6, 6.07) is 5.17. The second-order valence-corrected chi connectivity index (χ2v) is 6.67. The minimum Gasteiger partial charge on any atom is -0.217 e. The van der Waals surface area contributed by atoms with Gasteiger partial charge in [-0.25, -0.2) is 13.9 Å². The van der Waals surface area contributed by atoms with Crippen LogP contribution in [0.1, 0.15) is 0 Å². The molecule has 0 aliphatic rings. The SMILES string of the molecule is CSc1ccc(-c2cn3nc(Br)sc3n2)c(F)c1. The molecule has 0 spiro atoms. The maximum absolute atomic E-state index is 13.9. The number of aromatic nitrogens is 3. The van der Waals surface area contributed by atoms with Crippen LogP contribution in [-0.4, -0.2) is 20.9 Å². The number of halogens is 2. The van der Waals surface area contributed by atoms with Gasteiger partial charge in [0.2, 0.25) is 4.96 Å². The lowest BCUT2D eigenvalue weighted by atomic mass is 10.1. The van der Waals surface area contributed by atoms with Crippen LogP contribution in [0.4, 0.5) is 4.39 Å². The van der Waals surface area contributed by atoms with E-state index in [2.05, 4.69) is 26.0 Å². The van der Waals surface area contributed by atoms with Crippen LogP contribution in [0.15, 0.2) is 33.2 Å². The Bertz CT molecular complexity index is 691. The van der Waals surface area contributed by atoms with Gasteiger partial charge in [0.15, 0.2) is 3.92 Å². The molecule has 0 unspecified atom stereocenters. The second kappa shape index (κ2) is 4.64. The number of hydrogen-bond acceptors (Lipinski definition) is 4. The Morgan fingerprint density at radius 3 is 2.94 bits per heavy atom. The van der Waals surface area contributed by atoms with Gasteiger partial charge in [-0.05, 0) is 40.4 Å². The fourth-order valence-electron chi connectivity index (χ4n) is 1.64. The van der Waals surface area contributed by atoms with E-state index in [9.17, 15) is 4.39 Å². The first kappa shape index (κ1) is 12.1. The van der Waals surface area contributed by atoms with Crippen molar-refractivity contribution in [3.63, 3.8) is 0 Å². The van der Waals surface area contributed by atoms with E-state index in [4.69, 9.17) is 0 Å². The monoisotopic (exact) mass is 343 g/mol. The summed E-state index contributed by atoms with van der Waals surface area (Å²) in [4.78, 5) is 6.00. The number of thioether (sulfide) groups is 1. The Labute approximate surface area is 119 Å². The highest BCUT2D eigenvalue weighted by Crippen LogP contribution is 2.28. The zero-order valence-corrected chi connectivity index (χ0v) is 12.4. The average Bonchev–Trinajstić information content (AvgIpc) is 2.85. The molecule has 0 aliphatic carbocycles. The van der Waals surface area contributed by atoms with Crippen LogP contribution >= 0.6 is 39.0 Å². The van der Waals surface area contributed by atoms with Gasteiger partial charge in [0, 0.05) is 10.5 Å². The van der Waals surface area contributed by atoms with E-state index in [0.717, 1.165) is 13.8 Å². The van der Waals surface area contributed by atoms with Crippen LogP contribution in [0.25, 0.3) is 16.2 Å². The molecule has 7 heteroatoms. The number of fused-ring (bicyclic) bond motifs is 1. The lowest BCUT2D eigenvalue weighted by Crippen LogP contribution is -1.85. The normalized spacial score (nSPS) is 11.3. The van der Waals surface area contributed by atoms with Crippen molar-refractivity contribution in [1.29, 1.82) is 0 Å². The van der Waals surface area contributed by atoms with Gasteiger partial charge in [-0.1, -0.05) is 11.3 Å². The van der Waals surface area contributed by atoms with Crippen LogP contribution in [0.5, 0.6) is 0 Å². The molecule has 0 aliphatic heterocycles. The third kappa shape index (κ3) is 2.06. The summed E-state index contributed by atoms with van der Waals surface area (Å²) < 4.78 is 16.4. The van der Waals surface area contributed by atoms with Crippen LogP contribution in [-0.2, 0) is 0 Å². The van der Waals surface area contributed by atoms with E-state index < -0.39 is 0 Å². The van der Waals surface area contributed by atoms with Gasteiger partial charge in [0.05, 0.1) is 11.9 Å². The Morgan fingerprint density at radius 1 is 1.44 bits per heavy atom. The quantitative estimate of drug-likeness (QED) is 0.656. The van der Waals surface area contributed by atoms with E-state index in [1.807, 2.05) is 12.3 Å². The first-order valence-electron chi connectivity index (χ1n) is 5.03. The van der Waals surface area contributed by atoms with Gasteiger partial charge in [-0.2, -0.15) is 0 Å². The van der Waals surface area contributed by atoms with Gasteiger partial charge in [-0.15, -0.1) is 16.9 Å². The highest BCUT2D eigenvalue weighted by molar-refractivity contribution is 9.11. The molecule has 0 N–H and O–H groups in total. The van der Waals surface area contributed by atoms with Crippen molar-refractivity contribution in [2.24, 2.45) is 0 Å². The molecular weight excluding hydrogens is 337 g/mol. The molecule has 3 nitrogen and oxygen atoms in total. The second-order valence-electron chi connectivity index (χ2n) is 3.55. The molecule has 0 amide bonds. The molecule has 3 rings (SSSR count). The molecule has 2 aromatic heterocycles. The van der Waals surface area contributed by atoms with Crippen molar-refractivity contribution in [1.82, 2.24) is 14.6 Å². The molecule has 1 aromatic carbocycles. The van der Waals surface area contributed by atoms with Gasteiger partial charge in [0.1, 0.15) is 5.82 Å². The van der Waals surface area contributed by atoms with Crippen LogP contribution in [0.2, 0.25) is 0 Å². The standard InChI is InChI=1S/C11H7BrFN3S2/c1-17-6-2-3-7(8(13)4-6)9-5-16-11(14-9)18-10(12)15-16/h2-5H,1H3. The smallest absolute Gasteiger partial charge is 0.213 e. The average molecular weight is 344 g/mol. The van der Waals surface area contributed by atoms with Crippen molar-refractivity contribution in [3.05, 3.63) is 34.1 Å². The first-order chi connectivity index (χ1) is 8.67. The lowest BCUT2D eigenvalue weighted by Gasteiger charge is -2.01. The minimum atomic E-state index is -0.258. The molecule has 0 saturated heterocycles. The Kier molecular flexibility index (Phi) is 3.13. The largest absolute Gasteiger partial charge is 0.217 e. The van der Waals surface area contributed by atoms with Crippen molar-refractivity contribution < 1.29 is 4.39 Å². The molecule has 0 bridgehead atoms. The molecule has 0 radical (unpaired) electrons. The molecule has 3 aromatic rings. The van der Waals surface area contributed by atoms with Crippen molar-refractivity contribution >= 4 is 44.0 Å². The van der Waals surface area contributed by atoms with E-state index in [-0.39, 0.29) is 5.82 Å². The number of imidazole rings is 1. The molecule has 0 saturated carbocycles. The summed E-state index contributed by atoms with van der Waals surface area (Å²) in [6.07, 6.45) is 3.65.